The SMILES string of the molecule is COC(=O)C(Cc1ccc([N+](=O)[O-])cc1)C(=O)NS(=O)(=O)c1ccc2ccccc2c1. The molecule has 3 rings (SSSR count). The number of carbonyl (C=O) groups is 2. The van der Waals surface area contributed by atoms with Crippen LogP contribution in [0.5, 0.6) is 0 Å². The van der Waals surface area contributed by atoms with E-state index >= 15 is 0 Å². The quantitative estimate of drug-likeness (QED) is 0.257. The van der Waals surface area contributed by atoms with Crippen molar-refractivity contribution in [3.05, 3.63) is 82.4 Å². The number of fused-ring (bicyclic) bond motifs is 1. The highest BCUT2D eigenvalue weighted by Crippen LogP contribution is 2.20. The lowest BCUT2D eigenvalue weighted by atomic mass is 9.98. The molecule has 0 bridgehead atoms. The molecular weight excluding hydrogens is 424 g/mol. The lowest BCUT2D eigenvalue weighted by Gasteiger charge is -2.15. The first-order chi connectivity index (χ1) is 14.7. The summed E-state index contributed by atoms with van der Waals surface area (Å²) in [6.07, 6.45) is -0.191. The molecule has 0 saturated carbocycles. The molecule has 1 atom stereocenters. The van der Waals surface area contributed by atoms with Gasteiger partial charge in [-0.25, -0.2) is 13.1 Å². The van der Waals surface area contributed by atoms with Gasteiger partial charge < -0.3 is 4.74 Å². The molecular formula is C21H18N2O7S. The van der Waals surface area contributed by atoms with E-state index < -0.39 is 32.7 Å². The summed E-state index contributed by atoms with van der Waals surface area (Å²) in [6.45, 7) is 0. The first kappa shape index (κ1) is 21.9. The van der Waals surface area contributed by atoms with Gasteiger partial charge in [-0.15, -0.1) is 0 Å². The molecule has 160 valence electrons. The van der Waals surface area contributed by atoms with Crippen molar-refractivity contribution in [1.82, 2.24) is 4.72 Å². The largest absolute Gasteiger partial charge is 0.468 e. The van der Waals surface area contributed by atoms with Crippen LogP contribution < -0.4 is 4.72 Å². The number of hydrogen-bond donors (Lipinski definition) is 1. The number of ether oxygens (including phenoxy) is 1. The Balaban J connectivity index is 1.83. The number of nitrogens with zero attached hydrogens (tertiary/aromatic N) is 1. The maximum absolute atomic E-state index is 12.7. The number of nitro groups is 1. The number of sulfonamides is 1. The van der Waals surface area contributed by atoms with Gasteiger partial charge in [-0.05, 0) is 34.9 Å². The van der Waals surface area contributed by atoms with E-state index in [1.165, 1.54) is 36.4 Å². The van der Waals surface area contributed by atoms with Crippen molar-refractivity contribution in [2.75, 3.05) is 7.11 Å². The number of methoxy groups -OCH3 is 1. The standard InChI is InChI=1S/C21H18N2O7S/c1-30-21(25)19(12-14-6-9-17(10-7-14)23(26)27)20(24)22-31(28,29)18-11-8-15-4-2-3-5-16(15)13-18/h2-11,13,19H,12H2,1H3,(H,22,24). The van der Waals surface area contributed by atoms with Crippen molar-refractivity contribution in [2.45, 2.75) is 11.3 Å². The average Bonchev–Trinajstić information content (AvgIpc) is 2.76. The van der Waals surface area contributed by atoms with Crippen molar-refractivity contribution < 1.29 is 27.7 Å². The van der Waals surface area contributed by atoms with Crippen LogP contribution in [0.4, 0.5) is 5.69 Å². The predicted molar refractivity (Wildman–Crippen MR) is 112 cm³/mol. The minimum Gasteiger partial charge on any atom is -0.468 e. The normalized spacial score (nSPS) is 12.2. The molecule has 3 aromatic carbocycles. The Kier molecular flexibility index (Phi) is 6.30. The molecule has 3 aromatic rings. The van der Waals surface area contributed by atoms with Crippen molar-refractivity contribution in [2.24, 2.45) is 5.92 Å². The van der Waals surface area contributed by atoms with Crippen molar-refractivity contribution in [3.63, 3.8) is 0 Å². The summed E-state index contributed by atoms with van der Waals surface area (Å²) in [5.41, 5.74) is 0.279. The minimum absolute atomic E-state index is 0.126. The van der Waals surface area contributed by atoms with Gasteiger partial charge in [0.1, 0.15) is 5.92 Å². The molecule has 0 fully saturated rings. The summed E-state index contributed by atoms with van der Waals surface area (Å²) in [5.74, 6) is -3.44. The molecule has 0 aliphatic carbocycles. The molecule has 9 nitrogen and oxygen atoms in total. The van der Waals surface area contributed by atoms with E-state index in [-0.39, 0.29) is 17.0 Å². The third-order valence-electron chi connectivity index (χ3n) is 4.66. The maximum Gasteiger partial charge on any atom is 0.318 e. The van der Waals surface area contributed by atoms with Gasteiger partial charge in [-0.2, -0.15) is 0 Å². The molecule has 0 spiro atoms. The second-order valence-electron chi connectivity index (χ2n) is 6.68. The summed E-state index contributed by atoms with van der Waals surface area (Å²) in [6, 6.07) is 16.8. The third-order valence-corrected chi connectivity index (χ3v) is 6.00. The Labute approximate surface area is 177 Å². The van der Waals surface area contributed by atoms with Gasteiger partial charge in [-0.1, -0.05) is 42.5 Å². The van der Waals surface area contributed by atoms with Crippen LogP contribution in [0.15, 0.2) is 71.6 Å². The Hall–Kier alpha value is -3.79. The highest BCUT2D eigenvalue weighted by Gasteiger charge is 2.31. The number of nitro benzene ring substituents is 1. The fourth-order valence-electron chi connectivity index (χ4n) is 3.01. The summed E-state index contributed by atoms with van der Waals surface area (Å²) in [4.78, 5) is 34.9. The number of esters is 1. The third kappa shape index (κ3) is 5.04. The van der Waals surface area contributed by atoms with E-state index in [0.29, 0.717) is 10.9 Å². The van der Waals surface area contributed by atoms with E-state index in [9.17, 15) is 28.1 Å². The van der Waals surface area contributed by atoms with Crippen LogP contribution in [0.2, 0.25) is 0 Å². The Bertz CT molecular complexity index is 1250. The second kappa shape index (κ2) is 8.92. The van der Waals surface area contributed by atoms with Crippen molar-refractivity contribution >= 4 is 38.4 Å². The second-order valence-corrected chi connectivity index (χ2v) is 8.36. The zero-order valence-corrected chi connectivity index (χ0v) is 17.2. The monoisotopic (exact) mass is 442 g/mol. The molecule has 0 aliphatic rings. The van der Waals surface area contributed by atoms with Gasteiger partial charge >= 0.3 is 5.97 Å². The molecule has 1 amide bonds. The topological polar surface area (TPSA) is 133 Å². The molecule has 0 aliphatic heterocycles. The predicted octanol–water partition coefficient (Wildman–Crippen LogP) is 2.58. The lowest BCUT2D eigenvalue weighted by Crippen LogP contribution is -2.40. The average molecular weight is 442 g/mol. The number of carbonyl (C=O) groups excluding carboxylic acids is 2. The smallest absolute Gasteiger partial charge is 0.318 e. The molecule has 31 heavy (non-hydrogen) atoms. The summed E-state index contributed by atoms with van der Waals surface area (Å²) in [7, 11) is -3.16. The van der Waals surface area contributed by atoms with E-state index in [2.05, 4.69) is 4.74 Å². The van der Waals surface area contributed by atoms with Gasteiger partial charge in [0.15, 0.2) is 0 Å². The summed E-state index contributed by atoms with van der Waals surface area (Å²) < 4.78 is 32.0. The van der Waals surface area contributed by atoms with Gasteiger partial charge in [0, 0.05) is 12.1 Å². The van der Waals surface area contributed by atoms with Gasteiger partial charge in [0.05, 0.1) is 16.9 Å². The number of rotatable bonds is 7. The van der Waals surface area contributed by atoms with Gasteiger partial charge in [-0.3, -0.25) is 19.7 Å². The lowest BCUT2D eigenvalue weighted by molar-refractivity contribution is -0.384. The number of nitrogens with one attached hydrogen (secondary N) is 1. The van der Waals surface area contributed by atoms with Gasteiger partial charge in [0.25, 0.3) is 15.7 Å². The molecule has 1 N–H and O–H groups in total. The van der Waals surface area contributed by atoms with Crippen LogP contribution in [-0.4, -0.2) is 32.3 Å². The van der Waals surface area contributed by atoms with Crippen LogP contribution in [0.25, 0.3) is 10.8 Å². The van der Waals surface area contributed by atoms with E-state index in [1.54, 1.807) is 18.2 Å². The zero-order valence-electron chi connectivity index (χ0n) is 16.3. The first-order valence-corrected chi connectivity index (χ1v) is 10.6. The van der Waals surface area contributed by atoms with Crippen molar-refractivity contribution in [3.8, 4) is 0 Å². The van der Waals surface area contributed by atoms with Crippen LogP contribution >= 0.6 is 0 Å². The number of non-ortho nitro benzene ring substituents is 1. The summed E-state index contributed by atoms with van der Waals surface area (Å²) >= 11 is 0. The van der Waals surface area contributed by atoms with E-state index in [0.717, 1.165) is 12.5 Å². The number of amides is 1. The summed E-state index contributed by atoms with van der Waals surface area (Å²) in [5, 5.41) is 12.3. The number of benzene rings is 3. The van der Waals surface area contributed by atoms with Crippen LogP contribution in [0.3, 0.4) is 0 Å². The molecule has 1 unspecified atom stereocenters. The minimum atomic E-state index is -4.24. The Morgan fingerprint density at radius 3 is 2.29 bits per heavy atom. The fraction of sp³-hybridized carbons (Fsp3) is 0.143. The van der Waals surface area contributed by atoms with Crippen molar-refractivity contribution in [1.29, 1.82) is 0 Å². The molecule has 0 aromatic heterocycles. The highest BCUT2D eigenvalue weighted by molar-refractivity contribution is 7.90. The van der Waals surface area contributed by atoms with Crippen LogP contribution in [0.1, 0.15) is 5.56 Å². The van der Waals surface area contributed by atoms with E-state index in [4.69, 9.17) is 0 Å². The van der Waals surface area contributed by atoms with E-state index in [1.807, 2.05) is 16.9 Å². The first-order valence-electron chi connectivity index (χ1n) is 9.08. The highest BCUT2D eigenvalue weighted by atomic mass is 32.2. The number of hydrogen-bond acceptors (Lipinski definition) is 7. The molecule has 0 radical (unpaired) electrons. The molecule has 0 saturated heterocycles. The fourth-order valence-corrected chi connectivity index (χ4v) is 4.07. The van der Waals surface area contributed by atoms with Crippen LogP contribution in [0, 0.1) is 16.0 Å². The van der Waals surface area contributed by atoms with Gasteiger partial charge in [0.2, 0.25) is 5.91 Å². The molecule has 0 heterocycles. The zero-order chi connectivity index (χ0) is 22.6. The Morgan fingerprint density at radius 2 is 1.68 bits per heavy atom. The molecule has 10 heteroatoms. The van der Waals surface area contributed by atoms with Crippen LogP contribution in [-0.2, 0) is 30.8 Å². The Morgan fingerprint density at radius 1 is 1.03 bits per heavy atom. The maximum atomic E-state index is 12.7.